The third kappa shape index (κ3) is 3.75. The van der Waals surface area contributed by atoms with Crippen molar-refractivity contribution < 1.29 is 4.74 Å². The van der Waals surface area contributed by atoms with E-state index in [1.165, 1.54) is 11.1 Å². The molecule has 0 bridgehead atoms. The maximum atomic E-state index is 6.22. The molecule has 20 heavy (non-hydrogen) atoms. The van der Waals surface area contributed by atoms with Crippen molar-refractivity contribution in [2.75, 3.05) is 13.7 Å². The van der Waals surface area contributed by atoms with Gasteiger partial charge in [-0.1, -0.05) is 54.9 Å². The normalized spacial score (nSPS) is 12.2. The van der Waals surface area contributed by atoms with Gasteiger partial charge in [0.25, 0.3) is 0 Å². The Hall–Kier alpha value is -1.51. The number of rotatable bonds is 6. The first-order chi connectivity index (χ1) is 9.74. The standard InChI is InChI=1S/C17H20ClNO/c1-3-19-16(11-13-7-5-4-6-8-13)14-9-10-17(20-2)15(18)12-14/h4-10,12,16,19H,3,11H2,1-2H3. The number of nitrogens with one attached hydrogen (secondary N) is 1. The number of likely N-dealkylation sites (N-methyl/N-ethyl adjacent to an activating group) is 1. The van der Waals surface area contributed by atoms with E-state index in [-0.39, 0.29) is 6.04 Å². The minimum absolute atomic E-state index is 0.255. The lowest BCUT2D eigenvalue weighted by Crippen LogP contribution is -2.23. The number of ether oxygens (including phenoxy) is 1. The van der Waals surface area contributed by atoms with Gasteiger partial charge < -0.3 is 10.1 Å². The Bertz CT molecular complexity index is 542. The van der Waals surface area contributed by atoms with Crippen molar-refractivity contribution in [1.29, 1.82) is 0 Å². The first-order valence-corrected chi connectivity index (χ1v) is 7.23. The van der Waals surface area contributed by atoms with Gasteiger partial charge in [-0.15, -0.1) is 0 Å². The number of benzene rings is 2. The quantitative estimate of drug-likeness (QED) is 0.859. The van der Waals surface area contributed by atoms with Crippen LogP contribution >= 0.6 is 11.6 Å². The highest BCUT2D eigenvalue weighted by atomic mass is 35.5. The van der Waals surface area contributed by atoms with E-state index in [2.05, 4.69) is 42.6 Å². The molecule has 106 valence electrons. The van der Waals surface area contributed by atoms with Crippen molar-refractivity contribution in [3.63, 3.8) is 0 Å². The summed E-state index contributed by atoms with van der Waals surface area (Å²) < 4.78 is 5.21. The van der Waals surface area contributed by atoms with Crippen LogP contribution in [-0.2, 0) is 6.42 Å². The van der Waals surface area contributed by atoms with Crippen LogP contribution in [0.4, 0.5) is 0 Å². The predicted molar refractivity (Wildman–Crippen MR) is 84.6 cm³/mol. The molecule has 0 saturated heterocycles. The molecule has 0 aliphatic rings. The lowest BCUT2D eigenvalue weighted by Gasteiger charge is -2.19. The maximum Gasteiger partial charge on any atom is 0.137 e. The summed E-state index contributed by atoms with van der Waals surface area (Å²) in [5.74, 6) is 0.713. The van der Waals surface area contributed by atoms with Crippen molar-refractivity contribution in [3.8, 4) is 5.75 Å². The van der Waals surface area contributed by atoms with Gasteiger partial charge in [-0.3, -0.25) is 0 Å². The Morgan fingerprint density at radius 3 is 2.50 bits per heavy atom. The average Bonchev–Trinajstić information content (AvgIpc) is 2.48. The molecule has 3 heteroatoms. The van der Waals surface area contributed by atoms with Gasteiger partial charge in [-0.05, 0) is 36.2 Å². The first kappa shape index (κ1) is 14.9. The van der Waals surface area contributed by atoms with Gasteiger partial charge in [0.05, 0.1) is 12.1 Å². The molecule has 0 aliphatic carbocycles. The Labute approximate surface area is 125 Å². The highest BCUT2D eigenvalue weighted by Gasteiger charge is 2.13. The molecule has 1 N–H and O–H groups in total. The molecule has 0 aromatic heterocycles. The smallest absolute Gasteiger partial charge is 0.137 e. The second-order valence-electron chi connectivity index (χ2n) is 4.69. The Balaban J connectivity index is 2.22. The van der Waals surface area contributed by atoms with E-state index in [9.17, 15) is 0 Å². The Kier molecular flexibility index (Phi) is 5.45. The summed E-state index contributed by atoms with van der Waals surface area (Å²) in [6, 6.07) is 16.7. The topological polar surface area (TPSA) is 21.3 Å². The minimum atomic E-state index is 0.255. The number of halogens is 1. The molecular formula is C17H20ClNO. The van der Waals surface area contributed by atoms with Gasteiger partial charge in [0.1, 0.15) is 5.75 Å². The molecule has 0 radical (unpaired) electrons. The van der Waals surface area contributed by atoms with E-state index in [1.807, 2.05) is 18.2 Å². The van der Waals surface area contributed by atoms with Crippen molar-refractivity contribution >= 4 is 11.6 Å². The largest absolute Gasteiger partial charge is 0.495 e. The van der Waals surface area contributed by atoms with Gasteiger partial charge in [0.2, 0.25) is 0 Å². The van der Waals surface area contributed by atoms with Gasteiger partial charge >= 0.3 is 0 Å². The molecular weight excluding hydrogens is 270 g/mol. The van der Waals surface area contributed by atoms with Crippen LogP contribution in [0, 0.1) is 0 Å². The fourth-order valence-corrected chi connectivity index (χ4v) is 2.57. The van der Waals surface area contributed by atoms with Crippen molar-refractivity contribution in [2.45, 2.75) is 19.4 Å². The van der Waals surface area contributed by atoms with Gasteiger partial charge in [-0.2, -0.15) is 0 Å². The summed E-state index contributed by atoms with van der Waals surface area (Å²) in [5, 5.41) is 4.17. The van der Waals surface area contributed by atoms with Crippen molar-refractivity contribution in [2.24, 2.45) is 0 Å². The van der Waals surface area contributed by atoms with E-state index in [1.54, 1.807) is 7.11 Å². The second-order valence-corrected chi connectivity index (χ2v) is 5.10. The molecule has 2 rings (SSSR count). The fraction of sp³-hybridized carbons (Fsp3) is 0.294. The molecule has 2 aromatic carbocycles. The van der Waals surface area contributed by atoms with E-state index in [0.717, 1.165) is 13.0 Å². The lowest BCUT2D eigenvalue weighted by atomic mass is 9.98. The van der Waals surface area contributed by atoms with Crippen LogP contribution in [0.2, 0.25) is 5.02 Å². The van der Waals surface area contributed by atoms with Crippen LogP contribution in [0.1, 0.15) is 24.1 Å². The SMILES string of the molecule is CCNC(Cc1ccccc1)c1ccc(OC)c(Cl)c1. The van der Waals surface area contributed by atoms with Gasteiger partial charge in [0, 0.05) is 6.04 Å². The molecule has 0 saturated carbocycles. The Morgan fingerprint density at radius 2 is 1.90 bits per heavy atom. The molecule has 2 nitrogen and oxygen atoms in total. The number of methoxy groups -OCH3 is 1. The Morgan fingerprint density at radius 1 is 1.15 bits per heavy atom. The molecule has 0 spiro atoms. The fourth-order valence-electron chi connectivity index (χ4n) is 2.30. The first-order valence-electron chi connectivity index (χ1n) is 6.85. The molecule has 1 atom stereocenters. The van der Waals surface area contributed by atoms with Crippen LogP contribution < -0.4 is 10.1 Å². The third-order valence-electron chi connectivity index (χ3n) is 3.31. The highest BCUT2D eigenvalue weighted by Crippen LogP contribution is 2.28. The monoisotopic (exact) mass is 289 g/mol. The number of hydrogen-bond donors (Lipinski definition) is 1. The summed E-state index contributed by atoms with van der Waals surface area (Å²) in [5.41, 5.74) is 2.49. The molecule has 0 heterocycles. The minimum Gasteiger partial charge on any atom is -0.495 e. The average molecular weight is 290 g/mol. The van der Waals surface area contributed by atoms with Crippen LogP contribution in [0.3, 0.4) is 0 Å². The third-order valence-corrected chi connectivity index (χ3v) is 3.61. The van der Waals surface area contributed by atoms with Crippen LogP contribution in [0.5, 0.6) is 5.75 Å². The van der Waals surface area contributed by atoms with Gasteiger partial charge in [-0.25, -0.2) is 0 Å². The molecule has 0 aliphatic heterocycles. The van der Waals surface area contributed by atoms with Crippen molar-refractivity contribution in [3.05, 3.63) is 64.7 Å². The molecule has 1 unspecified atom stereocenters. The zero-order chi connectivity index (χ0) is 14.4. The molecule has 2 aromatic rings. The zero-order valence-corrected chi connectivity index (χ0v) is 12.7. The van der Waals surface area contributed by atoms with E-state index >= 15 is 0 Å². The summed E-state index contributed by atoms with van der Waals surface area (Å²) in [7, 11) is 1.63. The summed E-state index contributed by atoms with van der Waals surface area (Å²) in [4.78, 5) is 0. The summed E-state index contributed by atoms with van der Waals surface area (Å²) in [6.07, 6.45) is 0.942. The maximum absolute atomic E-state index is 6.22. The predicted octanol–water partition coefficient (Wildman–Crippen LogP) is 4.24. The molecule has 0 fully saturated rings. The second kappa shape index (κ2) is 7.32. The lowest BCUT2D eigenvalue weighted by molar-refractivity contribution is 0.414. The van der Waals surface area contributed by atoms with Crippen LogP contribution in [-0.4, -0.2) is 13.7 Å². The van der Waals surface area contributed by atoms with Gasteiger partial charge in [0.15, 0.2) is 0 Å². The van der Waals surface area contributed by atoms with E-state index in [4.69, 9.17) is 16.3 Å². The molecule has 0 amide bonds. The van der Waals surface area contributed by atoms with Crippen LogP contribution in [0.15, 0.2) is 48.5 Å². The number of hydrogen-bond acceptors (Lipinski definition) is 2. The van der Waals surface area contributed by atoms with E-state index in [0.29, 0.717) is 10.8 Å². The van der Waals surface area contributed by atoms with Crippen molar-refractivity contribution in [1.82, 2.24) is 5.32 Å². The summed E-state index contributed by atoms with van der Waals surface area (Å²) in [6.45, 7) is 3.03. The highest BCUT2D eigenvalue weighted by molar-refractivity contribution is 6.32. The summed E-state index contributed by atoms with van der Waals surface area (Å²) >= 11 is 6.22. The van der Waals surface area contributed by atoms with E-state index < -0.39 is 0 Å². The zero-order valence-electron chi connectivity index (χ0n) is 11.9. The van der Waals surface area contributed by atoms with Crippen LogP contribution in [0.25, 0.3) is 0 Å².